The highest BCUT2D eigenvalue weighted by Gasteiger charge is 2.38. The molecular formula is C14H17F3N4O. The number of hydrogen-bond acceptors (Lipinski definition) is 4. The first kappa shape index (κ1) is 15.1. The fourth-order valence-electron chi connectivity index (χ4n) is 2.94. The van der Waals surface area contributed by atoms with Gasteiger partial charge < -0.3 is 9.80 Å². The van der Waals surface area contributed by atoms with Crippen molar-refractivity contribution in [2.75, 3.05) is 44.7 Å². The molecule has 22 heavy (non-hydrogen) atoms. The number of pyridine rings is 1. The first-order chi connectivity index (χ1) is 10.4. The van der Waals surface area contributed by atoms with Crippen molar-refractivity contribution in [3.05, 3.63) is 23.9 Å². The van der Waals surface area contributed by atoms with E-state index >= 15 is 0 Å². The fourth-order valence-corrected chi connectivity index (χ4v) is 2.94. The normalized spacial score (nSPS) is 23.6. The van der Waals surface area contributed by atoms with Crippen molar-refractivity contribution < 1.29 is 18.0 Å². The van der Waals surface area contributed by atoms with E-state index in [2.05, 4.69) is 9.88 Å². The van der Waals surface area contributed by atoms with Crippen LogP contribution in [-0.4, -0.2) is 66.5 Å². The molecule has 0 radical (unpaired) electrons. The molecule has 1 aromatic heterocycles. The second kappa shape index (κ2) is 5.42. The first-order valence-corrected chi connectivity index (χ1v) is 7.13. The number of carbonyl (C=O) groups excluding carboxylic acids is 1. The first-order valence-electron chi connectivity index (χ1n) is 7.13. The van der Waals surface area contributed by atoms with Crippen molar-refractivity contribution in [1.82, 2.24) is 14.8 Å². The van der Waals surface area contributed by atoms with Crippen LogP contribution >= 0.6 is 0 Å². The van der Waals surface area contributed by atoms with Crippen LogP contribution in [0.3, 0.4) is 0 Å². The molecule has 0 bridgehead atoms. The van der Waals surface area contributed by atoms with Crippen molar-refractivity contribution >= 4 is 11.7 Å². The maximum Gasteiger partial charge on any atom is 0.416 e. The molecule has 2 aliphatic heterocycles. The molecule has 5 nitrogen and oxygen atoms in total. The van der Waals surface area contributed by atoms with Crippen LogP contribution in [0, 0.1) is 0 Å². The van der Waals surface area contributed by atoms with Gasteiger partial charge in [-0.3, -0.25) is 9.69 Å². The summed E-state index contributed by atoms with van der Waals surface area (Å²) in [5, 5.41) is 0. The number of hydrogen-bond donors (Lipinski definition) is 0. The summed E-state index contributed by atoms with van der Waals surface area (Å²) in [7, 11) is 1.75. The summed E-state index contributed by atoms with van der Waals surface area (Å²) in [6.45, 7) is 3.09. The Kier molecular flexibility index (Phi) is 3.72. The highest BCUT2D eigenvalue weighted by Crippen LogP contribution is 2.31. The molecule has 3 heterocycles. The Morgan fingerprint density at radius 1 is 1.23 bits per heavy atom. The van der Waals surface area contributed by atoms with E-state index in [0.29, 0.717) is 26.2 Å². The Hall–Kier alpha value is -1.83. The summed E-state index contributed by atoms with van der Waals surface area (Å²) in [6.07, 6.45) is -3.22. The number of halogens is 3. The lowest BCUT2D eigenvalue weighted by molar-refractivity contribution is -0.140. The van der Waals surface area contributed by atoms with Crippen molar-refractivity contribution in [3.8, 4) is 0 Å². The van der Waals surface area contributed by atoms with E-state index < -0.39 is 11.7 Å². The minimum absolute atomic E-state index is 0.0166. The van der Waals surface area contributed by atoms with E-state index in [1.807, 2.05) is 0 Å². The highest BCUT2D eigenvalue weighted by atomic mass is 19.4. The third-order valence-electron chi connectivity index (χ3n) is 4.27. The molecule has 0 spiro atoms. The zero-order chi connectivity index (χ0) is 15.9. The quantitative estimate of drug-likeness (QED) is 0.777. The van der Waals surface area contributed by atoms with E-state index in [-0.39, 0.29) is 17.8 Å². The van der Waals surface area contributed by atoms with Gasteiger partial charge in [0.25, 0.3) is 0 Å². The number of anilines is 1. The molecule has 3 rings (SSSR count). The van der Waals surface area contributed by atoms with Gasteiger partial charge in [-0.15, -0.1) is 0 Å². The Labute approximate surface area is 126 Å². The number of carbonyl (C=O) groups is 1. The number of piperazine rings is 2. The number of nitrogens with zero attached hydrogens (tertiary/aromatic N) is 4. The molecule has 0 N–H and O–H groups in total. The predicted molar refractivity (Wildman–Crippen MR) is 74.5 cm³/mol. The summed E-state index contributed by atoms with van der Waals surface area (Å²) >= 11 is 0. The molecule has 2 fully saturated rings. The molecule has 2 saturated heterocycles. The highest BCUT2D eigenvalue weighted by molar-refractivity contribution is 5.83. The lowest BCUT2D eigenvalue weighted by Gasteiger charge is -2.45. The van der Waals surface area contributed by atoms with Crippen LogP contribution < -0.4 is 4.90 Å². The number of rotatable bonds is 1. The molecule has 0 unspecified atom stereocenters. The average Bonchev–Trinajstić information content (AvgIpc) is 2.50. The van der Waals surface area contributed by atoms with E-state index in [4.69, 9.17) is 0 Å². The summed E-state index contributed by atoms with van der Waals surface area (Å²) in [5.41, 5.74) is -0.716. The standard InChI is InChI=1S/C14H17F3N4O/c1-19-4-5-20-6-7-21(9-11(20)13(19)22)12-8-10(2-3-18-12)14(15,16)17/h2-3,8,11H,4-7,9H2,1H3/t11-/m1/s1. The third-order valence-corrected chi connectivity index (χ3v) is 4.27. The van der Waals surface area contributed by atoms with E-state index in [1.165, 1.54) is 6.20 Å². The third kappa shape index (κ3) is 2.75. The van der Waals surface area contributed by atoms with Crippen LogP contribution in [-0.2, 0) is 11.0 Å². The van der Waals surface area contributed by atoms with Crippen LogP contribution in [0.5, 0.6) is 0 Å². The zero-order valence-electron chi connectivity index (χ0n) is 12.2. The van der Waals surface area contributed by atoms with Gasteiger partial charge in [-0.1, -0.05) is 0 Å². The molecule has 1 atom stereocenters. The molecule has 2 aliphatic rings. The van der Waals surface area contributed by atoms with E-state index in [1.54, 1.807) is 16.8 Å². The van der Waals surface area contributed by atoms with Crippen molar-refractivity contribution in [2.45, 2.75) is 12.2 Å². The van der Waals surface area contributed by atoms with Crippen LogP contribution in [0.1, 0.15) is 5.56 Å². The van der Waals surface area contributed by atoms with Crippen LogP contribution in [0.4, 0.5) is 19.0 Å². The van der Waals surface area contributed by atoms with Crippen LogP contribution in [0.25, 0.3) is 0 Å². The van der Waals surface area contributed by atoms with Gasteiger partial charge >= 0.3 is 6.18 Å². The molecule has 0 saturated carbocycles. The Morgan fingerprint density at radius 3 is 2.68 bits per heavy atom. The van der Waals surface area contributed by atoms with Gasteiger partial charge in [0.05, 0.1) is 5.56 Å². The van der Waals surface area contributed by atoms with Crippen LogP contribution in [0.15, 0.2) is 18.3 Å². The predicted octanol–water partition coefficient (Wildman–Crippen LogP) is 1.06. The molecule has 1 amide bonds. The van der Waals surface area contributed by atoms with Gasteiger partial charge in [-0.25, -0.2) is 4.98 Å². The smallest absolute Gasteiger partial charge is 0.353 e. The van der Waals surface area contributed by atoms with E-state index in [9.17, 15) is 18.0 Å². The topological polar surface area (TPSA) is 39.7 Å². The van der Waals surface area contributed by atoms with Gasteiger partial charge in [0.1, 0.15) is 11.9 Å². The molecule has 1 aromatic rings. The number of likely N-dealkylation sites (N-methyl/N-ethyl adjacent to an activating group) is 1. The minimum atomic E-state index is -4.39. The molecule has 0 aromatic carbocycles. The Bertz CT molecular complexity index is 577. The van der Waals surface area contributed by atoms with Crippen molar-refractivity contribution in [3.63, 3.8) is 0 Å². The Morgan fingerprint density at radius 2 is 1.95 bits per heavy atom. The van der Waals surface area contributed by atoms with E-state index in [0.717, 1.165) is 18.7 Å². The maximum absolute atomic E-state index is 12.8. The molecule has 0 aliphatic carbocycles. The number of alkyl halides is 3. The molecule has 120 valence electrons. The summed E-state index contributed by atoms with van der Waals surface area (Å²) in [4.78, 5) is 21.8. The number of amides is 1. The second-order valence-electron chi connectivity index (χ2n) is 5.66. The largest absolute Gasteiger partial charge is 0.416 e. The average molecular weight is 314 g/mol. The van der Waals surface area contributed by atoms with Gasteiger partial charge in [0, 0.05) is 46.0 Å². The lowest BCUT2D eigenvalue weighted by Crippen LogP contribution is -2.64. The lowest BCUT2D eigenvalue weighted by atomic mass is 10.1. The molecule has 8 heteroatoms. The Balaban J connectivity index is 1.80. The second-order valence-corrected chi connectivity index (χ2v) is 5.66. The van der Waals surface area contributed by atoms with Crippen molar-refractivity contribution in [2.24, 2.45) is 0 Å². The summed E-state index contributed by atoms with van der Waals surface area (Å²) < 4.78 is 38.4. The summed E-state index contributed by atoms with van der Waals surface area (Å²) in [6, 6.07) is 1.70. The molecular weight excluding hydrogens is 297 g/mol. The minimum Gasteiger partial charge on any atom is -0.353 e. The van der Waals surface area contributed by atoms with Crippen molar-refractivity contribution in [1.29, 1.82) is 0 Å². The van der Waals surface area contributed by atoms with Gasteiger partial charge in [-0.05, 0) is 12.1 Å². The van der Waals surface area contributed by atoms with Gasteiger partial charge in [0.15, 0.2) is 0 Å². The van der Waals surface area contributed by atoms with Gasteiger partial charge in [0.2, 0.25) is 5.91 Å². The monoisotopic (exact) mass is 314 g/mol. The maximum atomic E-state index is 12.8. The number of fused-ring (bicyclic) bond motifs is 1. The van der Waals surface area contributed by atoms with Gasteiger partial charge in [-0.2, -0.15) is 13.2 Å². The summed E-state index contributed by atoms with van der Waals surface area (Å²) in [5.74, 6) is 0.290. The number of aromatic nitrogens is 1. The fraction of sp³-hybridized carbons (Fsp3) is 0.571. The zero-order valence-corrected chi connectivity index (χ0v) is 12.2. The van der Waals surface area contributed by atoms with Crippen LogP contribution in [0.2, 0.25) is 0 Å². The SMILES string of the molecule is CN1CCN2CCN(c3cc(C(F)(F)F)ccn3)C[C@@H]2C1=O.